The fourth-order valence-corrected chi connectivity index (χ4v) is 2.05. The van der Waals surface area contributed by atoms with Crippen LogP contribution in [-0.2, 0) is 6.54 Å². The number of nitrogens with one attached hydrogen (secondary N) is 1. The van der Waals surface area contributed by atoms with Gasteiger partial charge in [0.1, 0.15) is 0 Å². The zero-order valence-corrected chi connectivity index (χ0v) is 11.5. The van der Waals surface area contributed by atoms with Crippen molar-refractivity contribution in [2.75, 3.05) is 6.54 Å². The second-order valence-corrected chi connectivity index (χ2v) is 5.36. The van der Waals surface area contributed by atoms with Crippen LogP contribution in [0.1, 0.15) is 25.3 Å². The molecule has 0 saturated carbocycles. The van der Waals surface area contributed by atoms with Gasteiger partial charge >= 0.3 is 5.51 Å². The third-order valence-corrected chi connectivity index (χ3v) is 3.35. The summed E-state index contributed by atoms with van der Waals surface area (Å²) >= 11 is -0.109. The topological polar surface area (TPSA) is 32.3 Å². The van der Waals surface area contributed by atoms with Crippen molar-refractivity contribution in [3.63, 3.8) is 0 Å². The van der Waals surface area contributed by atoms with Crippen LogP contribution in [0.4, 0.5) is 13.2 Å². The van der Waals surface area contributed by atoms with Crippen molar-refractivity contribution in [2.45, 2.75) is 42.8 Å². The van der Waals surface area contributed by atoms with E-state index in [1.807, 2.05) is 6.92 Å². The number of aliphatic hydroxyl groups is 1. The van der Waals surface area contributed by atoms with Gasteiger partial charge in [0.25, 0.3) is 0 Å². The molecule has 0 aliphatic heterocycles. The molecule has 1 aromatic carbocycles. The van der Waals surface area contributed by atoms with E-state index in [1.54, 1.807) is 12.1 Å². The average Bonchev–Trinajstić information content (AvgIpc) is 2.34. The van der Waals surface area contributed by atoms with Gasteiger partial charge in [-0.25, -0.2) is 0 Å². The molecular formula is C13H18F3NOS. The molecule has 0 spiro atoms. The van der Waals surface area contributed by atoms with Gasteiger partial charge in [-0.2, -0.15) is 13.2 Å². The Morgan fingerprint density at radius 2 is 1.89 bits per heavy atom. The van der Waals surface area contributed by atoms with Crippen LogP contribution in [-0.4, -0.2) is 23.3 Å². The standard InChI is InChI=1S/C13H18F3NOS/c1-2-11(18)7-8-17-9-10-3-5-12(6-4-10)19-13(14,15)16/h3-6,11,17-18H,2,7-9H2,1H3. The second-order valence-electron chi connectivity index (χ2n) is 4.22. The first-order valence-corrected chi connectivity index (χ1v) is 6.96. The minimum Gasteiger partial charge on any atom is -0.393 e. The monoisotopic (exact) mass is 293 g/mol. The minimum atomic E-state index is -4.24. The summed E-state index contributed by atoms with van der Waals surface area (Å²) in [7, 11) is 0. The molecule has 108 valence electrons. The first-order chi connectivity index (χ1) is 8.90. The highest BCUT2D eigenvalue weighted by Gasteiger charge is 2.28. The molecule has 6 heteroatoms. The number of aliphatic hydroxyl groups excluding tert-OH is 1. The maximum Gasteiger partial charge on any atom is 0.446 e. The molecule has 2 N–H and O–H groups in total. The van der Waals surface area contributed by atoms with Crippen LogP contribution in [0.25, 0.3) is 0 Å². The van der Waals surface area contributed by atoms with Gasteiger partial charge in [-0.05, 0) is 48.8 Å². The van der Waals surface area contributed by atoms with Crippen LogP contribution in [0.15, 0.2) is 29.2 Å². The summed E-state index contributed by atoms with van der Waals surface area (Å²) in [5, 5.41) is 12.5. The van der Waals surface area contributed by atoms with Crippen molar-refractivity contribution in [3.8, 4) is 0 Å². The van der Waals surface area contributed by atoms with Crippen molar-refractivity contribution in [1.82, 2.24) is 5.32 Å². The van der Waals surface area contributed by atoms with Gasteiger partial charge in [0, 0.05) is 11.4 Å². The SMILES string of the molecule is CCC(O)CCNCc1ccc(SC(F)(F)F)cc1. The van der Waals surface area contributed by atoms with Gasteiger partial charge in [0.15, 0.2) is 0 Å². The van der Waals surface area contributed by atoms with Crippen LogP contribution < -0.4 is 5.32 Å². The van der Waals surface area contributed by atoms with E-state index in [1.165, 1.54) is 12.1 Å². The predicted octanol–water partition coefficient (Wildman–Crippen LogP) is 3.55. The summed E-state index contributed by atoms with van der Waals surface area (Å²) in [5.74, 6) is 0. The molecule has 0 fully saturated rings. The lowest BCUT2D eigenvalue weighted by Crippen LogP contribution is -2.19. The number of rotatable bonds is 7. The number of hydrogen-bond donors (Lipinski definition) is 2. The number of alkyl halides is 3. The normalized spacial score (nSPS) is 13.5. The Kier molecular flexibility index (Phi) is 6.68. The predicted molar refractivity (Wildman–Crippen MR) is 71.0 cm³/mol. The number of halogens is 3. The molecule has 19 heavy (non-hydrogen) atoms. The van der Waals surface area contributed by atoms with Crippen molar-refractivity contribution < 1.29 is 18.3 Å². The third kappa shape index (κ3) is 7.44. The zero-order valence-electron chi connectivity index (χ0n) is 10.7. The van der Waals surface area contributed by atoms with Gasteiger partial charge in [-0.3, -0.25) is 0 Å². The van der Waals surface area contributed by atoms with Crippen LogP contribution in [0.2, 0.25) is 0 Å². The lowest BCUT2D eigenvalue weighted by Gasteiger charge is -2.09. The molecule has 2 nitrogen and oxygen atoms in total. The minimum absolute atomic E-state index is 0.109. The first-order valence-electron chi connectivity index (χ1n) is 6.14. The second kappa shape index (κ2) is 7.77. The van der Waals surface area contributed by atoms with Crippen molar-refractivity contribution >= 4 is 11.8 Å². The Bertz CT molecular complexity index is 367. The fraction of sp³-hybridized carbons (Fsp3) is 0.538. The Morgan fingerprint density at radius 1 is 1.26 bits per heavy atom. The number of benzene rings is 1. The molecule has 0 aromatic heterocycles. The Labute approximate surface area is 115 Å². The van der Waals surface area contributed by atoms with E-state index in [4.69, 9.17) is 0 Å². The highest BCUT2D eigenvalue weighted by atomic mass is 32.2. The Balaban J connectivity index is 2.32. The van der Waals surface area contributed by atoms with Crippen molar-refractivity contribution in [1.29, 1.82) is 0 Å². The first kappa shape index (κ1) is 16.3. The summed E-state index contributed by atoms with van der Waals surface area (Å²) in [5.41, 5.74) is -3.31. The Morgan fingerprint density at radius 3 is 2.42 bits per heavy atom. The summed E-state index contributed by atoms with van der Waals surface area (Å²) in [6.45, 7) is 3.20. The summed E-state index contributed by atoms with van der Waals surface area (Å²) < 4.78 is 36.4. The average molecular weight is 293 g/mol. The molecule has 0 radical (unpaired) electrons. The zero-order chi connectivity index (χ0) is 14.3. The quantitative estimate of drug-likeness (QED) is 0.595. The lowest BCUT2D eigenvalue weighted by atomic mass is 10.2. The van der Waals surface area contributed by atoms with Crippen LogP contribution >= 0.6 is 11.8 Å². The molecule has 1 atom stereocenters. The Hall–Kier alpha value is -0.720. The van der Waals surface area contributed by atoms with Crippen LogP contribution in [0.3, 0.4) is 0 Å². The molecule has 1 rings (SSSR count). The molecule has 0 aliphatic rings. The van der Waals surface area contributed by atoms with Crippen molar-refractivity contribution in [2.24, 2.45) is 0 Å². The van der Waals surface area contributed by atoms with Gasteiger partial charge < -0.3 is 10.4 Å². The lowest BCUT2D eigenvalue weighted by molar-refractivity contribution is -0.0328. The summed E-state index contributed by atoms with van der Waals surface area (Å²) in [4.78, 5) is 0.192. The molecule has 0 aliphatic carbocycles. The van der Waals surface area contributed by atoms with E-state index in [2.05, 4.69) is 5.32 Å². The highest BCUT2D eigenvalue weighted by Crippen LogP contribution is 2.36. The molecule has 0 saturated heterocycles. The number of thioether (sulfide) groups is 1. The molecule has 0 bridgehead atoms. The molecule has 1 aromatic rings. The highest BCUT2D eigenvalue weighted by molar-refractivity contribution is 8.00. The van der Waals surface area contributed by atoms with E-state index in [0.29, 0.717) is 19.5 Å². The van der Waals surface area contributed by atoms with E-state index < -0.39 is 5.51 Å². The van der Waals surface area contributed by atoms with Crippen molar-refractivity contribution in [3.05, 3.63) is 29.8 Å². The van der Waals surface area contributed by atoms with Gasteiger partial charge in [-0.15, -0.1) is 0 Å². The van der Waals surface area contributed by atoms with E-state index >= 15 is 0 Å². The van der Waals surface area contributed by atoms with E-state index in [-0.39, 0.29) is 22.8 Å². The van der Waals surface area contributed by atoms with Gasteiger partial charge in [-0.1, -0.05) is 19.1 Å². The third-order valence-electron chi connectivity index (χ3n) is 2.61. The van der Waals surface area contributed by atoms with Gasteiger partial charge in [0.05, 0.1) is 6.10 Å². The van der Waals surface area contributed by atoms with E-state index in [0.717, 1.165) is 12.0 Å². The summed E-state index contributed by atoms with van der Waals surface area (Å²) in [6.07, 6.45) is 1.11. The maximum atomic E-state index is 12.1. The molecular weight excluding hydrogens is 275 g/mol. The molecule has 0 heterocycles. The maximum absolute atomic E-state index is 12.1. The number of hydrogen-bond acceptors (Lipinski definition) is 3. The van der Waals surface area contributed by atoms with E-state index in [9.17, 15) is 18.3 Å². The van der Waals surface area contributed by atoms with Gasteiger partial charge in [0.2, 0.25) is 0 Å². The van der Waals surface area contributed by atoms with Crippen LogP contribution in [0, 0.1) is 0 Å². The summed E-state index contributed by atoms with van der Waals surface area (Å²) in [6, 6.07) is 6.29. The largest absolute Gasteiger partial charge is 0.446 e. The molecule has 1 unspecified atom stereocenters. The smallest absolute Gasteiger partial charge is 0.393 e. The van der Waals surface area contributed by atoms with Crippen LogP contribution in [0.5, 0.6) is 0 Å². The molecule has 0 amide bonds. The fourth-order valence-electron chi connectivity index (χ4n) is 1.51.